The Labute approximate surface area is 224 Å². The van der Waals surface area contributed by atoms with Gasteiger partial charge in [0.05, 0.1) is 37.9 Å². The van der Waals surface area contributed by atoms with E-state index in [9.17, 15) is 14.7 Å². The van der Waals surface area contributed by atoms with E-state index in [-0.39, 0.29) is 73.4 Å². The number of methoxy groups -OCH3 is 1. The molecule has 0 radical (unpaired) electrons. The molecule has 188 valence electrons. The zero-order valence-electron chi connectivity index (χ0n) is 21.3. The Kier molecular flexibility index (Phi) is 16.7. The minimum Gasteiger partial charge on any atom is -0.548 e. The monoisotopic (exact) mass is 491 g/mol. The van der Waals surface area contributed by atoms with E-state index in [0.717, 1.165) is 16.0 Å². The van der Waals surface area contributed by atoms with Gasteiger partial charge in [0.1, 0.15) is 5.75 Å². The average molecular weight is 492 g/mol. The van der Waals surface area contributed by atoms with E-state index in [0.29, 0.717) is 25.2 Å². The Morgan fingerprint density at radius 1 is 1.21 bits per heavy atom. The predicted octanol–water partition coefficient (Wildman–Crippen LogP) is -1.35. The molecule has 0 aliphatic carbocycles. The number of carboxylic acids is 1. The first kappa shape index (κ1) is 32.8. The first-order valence-corrected chi connectivity index (χ1v) is 11.3. The van der Waals surface area contributed by atoms with Gasteiger partial charge in [-0.1, -0.05) is 45.9 Å². The van der Waals surface area contributed by atoms with Crippen LogP contribution in [0.4, 0.5) is 4.79 Å². The summed E-state index contributed by atoms with van der Waals surface area (Å²) in [6.07, 6.45) is 0.170. The maximum atomic E-state index is 12.5. The van der Waals surface area contributed by atoms with Crippen molar-refractivity contribution < 1.29 is 68.7 Å². The molecule has 0 saturated carbocycles. The van der Waals surface area contributed by atoms with Gasteiger partial charge < -0.3 is 34.3 Å². The molecule has 2 N–H and O–H groups in total. The average Bonchev–Trinajstić information content (AvgIpc) is 2.76. The van der Waals surface area contributed by atoms with Crippen LogP contribution in [0.3, 0.4) is 0 Å². The second-order valence-corrected chi connectivity index (χ2v) is 8.58. The number of aliphatic carboxylic acids is 1. The Morgan fingerprint density at radius 3 is 2.21 bits per heavy atom. The number of carboxylic acid groups (broad SMARTS) is 1. The van der Waals surface area contributed by atoms with Crippen LogP contribution in [0, 0.1) is 0 Å². The fourth-order valence-electron chi connectivity index (χ4n) is 3.33. The third kappa shape index (κ3) is 11.5. The molecular weight excluding hydrogens is 453 g/mol. The molecule has 2 rings (SSSR count). The molecule has 0 unspecified atom stereocenters. The van der Waals surface area contributed by atoms with Crippen LogP contribution in [0.15, 0.2) is 18.2 Å². The first-order valence-electron chi connectivity index (χ1n) is 11.3. The molecule has 1 aliphatic rings. The summed E-state index contributed by atoms with van der Waals surface area (Å²) < 4.78 is 15.6. The quantitative estimate of drug-likeness (QED) is 0.406. The number of aliphatic hydroxyl groups is 2. The van der Waals surface area contributed by atoms with Crippen LogP contribution in [0.2, 0.25) is 0 Å². The normalized spacial score (nSPS) is 17.4. The summed E-state index contributed by atoms with van der Waals surface area (Å²) in [5, 5.41) is 28.5. The number of amides is 1. The number of ether oxygens (including phenoxy) is 3. The third-order valence-corrected chi connectivity index (χ3v) is 5.20. The fourth-order valence-corrected chi connectivity index (χ4v) is 3.33. The van der Waals surface area contributed by atoms with Gasteiger partial charge >= 0.3 is 35.7 Å². The minimum atomic E-state index is -1.34. The van der Waals surface area contributed by atoms with Gasteiger partial charge in [-0.05, 0) is 29.4 Å². The molecule has 1 heterocycles. The van der Waals surface area contributed by atoms with Crippen LogP contribution >= 0.6 is 0 Å². The van der Waals surface area contributed by atoms with E-state index in [1.54, 1.807) is 0 Å². The molecule has 1 amide bonds. The number of carbonyl (C=O) groups excluding carboxylic acids is 2. The second-order valence-electron chi connectivity index (χ2n) is 8.58. The van der Waals surface area contributed by atoms with Crippen molar-refractivity contribution in [1.82, 2.24) is 4.90 Å². The van der Waals surface area contributed by atoms with Gasteiger partial charge in [-0.25, -0.2) is 4.79 Å². The van der Waals surface area contributed by atoms with Crippen molar-refractivity contribution in [1.29, 1.82) is 0 Å². The molecule has 0 spiro atoms. The Hall–Kier alpha value is -1.20. The molecule has 10 heteroatoms. The van der Waals surface area contributed by atoms with Gasteiger partial charge in [0.25, 0.3) is 0 Å². The van der Waals surface area contributed by atoms with Gasteiger partial charge in [0, 0.05) is 26.7 Å². The molecule has 1 aromatic carbocycles. The summed E-state index contributed by atoms with van der Waals surface area (Å²) in [5.74, 6) is -0.502. The molecular formula is C24H38NNaO8. The van der Waals surface area contributed by atoms with Crippen LogP contribution in [-0.2, 0) is 14.3 Å². The summed E-state index contributed by atoms with van der Waals surface area (Å²) in [6, 6.07) is 5.76. The number of hydrogen-bond acceptors (Lipinski definition) is 8. The molecule has 1 saturated heterocycles. The van der Waals surface area contributed by atoms with E-state index in [1.165, 1.54) is 7.11 Å². The SMILES string of the molecule is COCCN(CC(=O)[O-])C(=O)Oc1c(C(C)C)cccc1C(C)C.OC[C@@H]1C[C@H](O)CCO1.[Na+]. The van der Waals surface area contributed by atoms with Gasteiger partial charge in [-0.3, -0.25) is 4.90 Å². The Morgan fingerprint density at radius 2 is 1.79 bits per heavy atom. The molecule has 1 aromatic rings. The standard InChI is InChI=1S/C18H27NO5.C6H12O3.Na/c1-12(2)14-7-6-8-15(13(3)4)17(14)24-18(22)19(9-10-23-5)11-16(20)21;7-4-6-3-5(8)1-2-9-6;/h6-8,12-13H,9-11H2,1-5H3,(H,20,21);5-8H,1-4H2;/q;;+1/p-1/t;5-,6+;/m.1./s1. The van der Waals surface area contributed by atoms with E-state index >= 15 is 0 Å². The topological polar surface area (TPSA) is 129 Å². The molecule has 0 aromatic heterocycles. The largest absolute Gasteiger partial charge is 1.00 e. The van der Waals surface area contributed by atoms with Crippen molar-refractivity contribution in [2.75, 3.05) is 40.0 Å². The van der Waals surface area contributed by atoms with Crippen molar-refractivity contribution in [2.45, 2.75) is 64.6 Å². The Balaban J connectivity index is 0.000000911. The maximum absolute atomic E-state index is 12.5. The predicted molar refractivity (Wildman–Crippen MR) is 121 cm³/mol. The number of hydrogen-bond donors (Lipinski definition) is 2. The number of carbonyl (C=O) groups is 2. The molecule has 34 heavy (non-hydrogen) atoms. The number of aliphatic hydroxyl groups excluding tert-OH is 2. The Bertz CT molecular complexity index is 717. The van der Waals surface area contributed by atoms with Crippen LogP contribution in [0.1, 0.15) is 63.5 Å². The smallest absolute Gasteiger partial charge is 0.548 e. The van der Waals surface area contributed by atoms with Gasteiger partial charge in [-0.15, -0.1) is 0 Å². The van der Waals surface area contributed by atoms with Gasteiger partial charge in [0.2, 0.25) is 0 Å². The zero-order chi connectivity index (χ0) is 25.0. The number of nitrogens with zero attached hydrogens (tertiary/aromatic N) is 1. The van der Waals surface area contributed by atoms with Crippen molar-refractivity contribution in [2.24, 2.45) is 0 Å². The van der Waals surface area contributed by atoms with E-state index in [4.69, 9.17) is 24.4 Å². The molecule has 9 nitrogen and oxygen atoms in total. The summed E-state index contributed by atoms with van der Waals surface area (Å²) in [6.45, 7) is 8.45. The van der Waals surface area contributed by atoms with E-state index < -0.39 is 18.6 Å². The molecule has 1 fully saturated rings. The number of para-hydroxylation sites is 1. The van der Waals surface area contributed by atoms with Crippen LogP contribution in [0.5, 0.6) is 5.75 Å². The van der Waals surface area contributed by atoms with Gasteiger partial charge in [0.15, 0.2) is 0 Å². The fraction of sp³-hybridized carbons (Fsp3) is 0.667. The van der Waals surface area contributed by atoms with Crippen LogP contribution in [-0.4, -0.2) is 79.4 Å². The van der Waals surface area contributed by atoms with Crippen molar-refractivity contribution >= 4 is 12.1 Å². The summed E-state index contributed by atoms with van der Waals surface area (Å²) in [7, 11) is 1.48. The first-order chi connectivity index (χ1) is 15.6. The molecule has 0 bridgehead atoms. The van der Waals surface area contributed by atoms with Crippen molar-refractivity contribution in [3.05, 3.63) is 29.3 Å². The second kappa shape index (κ2) is 17.3. The van der Waals surface area contributed by atoms with E-state index in [2.05, 4.69) is 0 Å². The number of rotatable bonds is 9. The molecule has 2 atom stereocenters. The van der Waals surface area contributed by atoms with E-state index in [1.807, 2.05) is 45.9 Å². The summed E-state index contributed by atoms with van der Waals surface area (Å²) >= 11 is 0. The third-order valence-electron chi connectivity index (χ3n) is 5.20. The minimum absolute atomic E-state index is 0. The van der Waals surface area contributed by atoms with Gasteiger partial charge in [-0.2, -0.15) is 0 Å². The number of benzene rings is 1. The zero-order valence-corrected chi connectivity index (χ0v) is 23.3. The summed E-state index contributed by atoms with van der Waals surface area (Å²) in [5.41, 5.74) is 1.82. The maximum Gasteiger partial charge on any atom is 1.00 e. The van der Waals surface area contributed by atoms with Crippen LogP contribution < -0.4 is 39.4 Å². The van der Waals surface area contributed by atoms with Crippen LogP contribution in [0.25, 0.3) is 0 Å². The van der Waals surface area contributed by atoms with Crippen molar-refractivity contribution in [3.8, 4) is 5.75 Å². The molecule has 1 aliphatic heterocycles. The summed E-state index contributed by atoms with van der Waals surface area (Å²) in [4.78, 5) is 24.4. The van der Waals surface area contributed by atoms with Crippen molar-refractivity contribution in [3.63, 3.8) is 0 Å².